The number of hydrogen-bond donors (Lipinski definition) is 1. The highest BCUT2D eigenvalue weighted by Crippen LogP contribution is 2.21. The third kappa shape index (κ3) is 3.22. The van der Waals surface area contributed by atoms with Gasteiger partial charge in [0.15, 0.2) is 0 Å². The van der Waals surface area contributed by atoms with Gasteiger partial charge in [0, 0.05) is 6.04 Å². The van der Waals surface area contributed by atoms with Gasteiger partial charge in [-0.15, -0.1) is 5.10 Å². The van der Waals surface area contributed by atoms with E-state index in [1.54, 1.807) is 0 Å². The Morgan fingerprint density at radius 2 is 2.04 bits per heavy atom. The van der Waals surface area contributed by atoms with Crippen molar-refractivity contribution in [1.29, 1.82) is 0 Å². The van der Waals surface area contributed by atoms with Crippen molar-refractivity contribution in [2.45, 2.75) is 26.4 Å². The number of carbonyl (C=O) groups excluding carboxylic acids is 1. The lowest BCUT2D eigenvalue weighted by Crippen LogP contribution is -2.26. The summed E-state index contributed by atoms with van der Waals surface area (Å²) in [4.78, 5) is 17.4. The van der Waals surface area contributed by atoms with Crippen LogP contribution in [0.3, 0.4) is 0 Å². The number of halogens is 1. The molecule has 0 saturated carbocycles. The first-order valence-corrected chi connectivity index (χ1v) is 8.81. The van der Waals surface area contributed by atoms with Crippen LogP contribution in [-0.4, -0.2) is 35.7 Å². The lowest BCUT2D eigenvalue weighted by Gasteiger charge is -2.14. The van der Waals surface area contributed by atoms with E-state index in [9.17, 15) is 9.18 Å². The molecule has 0 aliphatic heterocycles. The van der Waals surface area contributed by atoms with Crippen molar-refractivity contribution < 1.29 is 9.18 Å². The number of benzene rings is 2. The minimum atomic E-state index is -0.517. The van der Waals surface area contributed by atoms with E-state index in [0.717, 1.165) is 22.9 Å². The Kier molecular flexibility index (Phi) is 4.56. The summed E-state index contributed by atoms with van der Waals surface area (Å²) in [5, 5.41) is 13.7. The van der Waals surface area contributed by atoms with Crippen LogP contribution in [0.5, 0.6) is 0 Å². The maximum Gasteiger partial charge on any atom is 0.253 e. The second-order valence-corrected chi connectivity index (χ2v) is 6.58. The number of fused-ring (bicyclic) bond motifs is 1. The third-order valence-electron chi connectivity index (χ3n) is 4.39. The van der Waals surface area contributed by atoms with Crippen molar-refractivity contribution in [3.63, 3.8) is 0 Å². The maximum atomic E-state index is 13.8. The van der Waals surface area contributed by atoms with E-state index in [2.05, 4.69) is 44.2 Å². The fourth-order valence-corrected chi connectivity index (χ4v) is 3.21. The van der Waals surface area contributed by atoms with E-state index >= 15 is 0 Å². The zero-order valence-electron chi connectivity index (χ0n) is 15.4. The molecule has 1 amide bonds. The number of carbonyl (C=O) groups is 1. The van der Waals surface area contributed by atoms with Gasteiger partial charge in [-0.2, -0.15) is 4.68 Å². The minimum Gasteiger partial charge on any atom is -0.345 e. The molecule has 0 radical (unpaired) electrons. The number of rotatable bonds is 5. The number of nitrogens with one attached hydrogen (secondary N) is 1. The molecule has 2 aromatic heterocycles. The Morgan fingerprint density at radius 1 is 1.21 bits per heavy atom. The number of imidazole rings is 1. The zero-order valence-corrected chi connectivity index (χ0v) is 15.4. The van der Waals surface area contributed by atoms with Crippen LogP contribution in [0.15, 0.2) is 48.8 Å². The number of tetrazole rings is 1. The molecule has 0 fully saturated rings. The molecule has 2 aromatic carbocycles. The molecule has 0 atom stereocenters. The van der Waals surface area contributed by atoms with E-state index in [0.29, 0.717) is 5.69 Å². The third-order valence-corrected chi connectivity index (χ3v) is 4.39. The van der Waals surface area contributed by atoms with Crippen LogP contribution in [0.25, 0.3) is 16.7 Å². The second-order valence-electron chi connectivity index (χ2n) is 6.58. The fraction of sp³-hybridized carbons (Fsp3) is 0.211. The molecule has 8 nitrogen and oxygen atoms in total. The zero-order chi connectivity index (χ0) is 19.7. The van der Waals surface area contributed by atoms with Gasteiger partial charge in [-0.3, -0.25) is 4.79 Å². The lowest BCUT2D eigenvalue weighted by molar-refractivity contribution is 0.0948. The van der Waals surface area contributed by atoms with Gasteiger partial charge in [-0.1, -0.05) is 12.1 Å². The molecule has 0 saturated heterocycles. The van der Waals surface area contributed by atoms with Gasteiger partial charge < -0.3 is 9.88 Å². The molecule has 2 heterocycles. The van der Waals surface area contributed by atoms with E-state index in [-0.39, 0.29) is 18.2 Å². The highest BCUT2D eigenvalue weighted by atomic mass is 19.1. The molecule has 4 rings (SSSR count). The summed E-state index contributed by atoms with van der Waals surface area (Å²) < 4.78 is 17.2. The van der Waals surface area contributed by atoms with E-state index in [1.165, 1.54) is 23.1 Å². The van der Waals surface area contributed by atoms with Crippen LogP contribution >= 0.6 is 0 Å². The van der Waals surface area contributed by atoms with Crippen LogP contribution in [-0.2, 0) is 6.54 Å². The van der Waals surface area contributed by atoms with Crippen molar-refractivity contribution in [3.05, 3.63) is 66.0 Å². The molecule has 142 valence electrons. The maximum absolute atomic E-state index is 13.8. The Balaban J connectivity index is 1.64. The Morgan fingerprint density at radius 3 is 2.79 bits per heavy atom. The van der Waals surface area contributed by atoms with Gasteiger partial charge in [0.05, 0.1) is 28.8 Å². The topological polar surface area (TPSA) is 90.5 Å². The number of hydrogen-bond acceptors (Lipinski definition) is 5. The first-order valence-electron chi connectivity index (χ1n) is 8.81. The lowest BCUT2D eigenvalue weighted by atomic mass is 10.1. The van der Waals surface area contributed by atoms with Crippen LogP contribution in [0.2, 0.25) is 0 Å². The molecular formula is C19H18FN7O. The smallest absolute Gasteiger partial charge is 0.253 e. The SMILES string of the molecule is CC(C)n1c(CNC(=O)c2cc(F)ccc2-n2cnnn2)nc2ccccc21. The second kappa shape index (κ2) is 7.18. The molecule has 0 bridgehead atoms. The molecule has 4 aromatic rings. The summed E-state index contributed by atoms with van der Waals surface area (Å²) in [5.41, 5.74) is 2.39. The predicted molar refractivity (Wildman–Crippen MR) is 100 cm³/mol. The van der Waals surface area contributed by atoms with Crippen molar-refractivity contribution in [2.75, 3.05) is 0 Å². The highest BCUT2D eigenvalue weighted by molar-refractivity contribution is 5.97. The standard InChI is InChI=1S/C19H18FN7O/c1-12(2)27-17-6-4-3-5-15(17)23-18(27)10-21-19(28)14-9-13(20)7-8-16(14)26-11-22-24-25-26/h3-9,11-12H,10H2,1-2H3,(H,21,28). The molecule has 0 unspecified atom stereocenters. The molecule has 0 spiro atoms. The minimum absolute atomic E-state index is 0.138. The van der Waals surface area contributed by atoms with Crippen LogP contribution in [0, 0.1) is 5.82 Å². The van der Waals surface area contributed by atoms with Crippen molar-refractivity contribution >= 4 is 16.9 Å². The highest BCUT2D eigenvalue weighted by Gasteiger charge is 2.17. The summed E-state index contributed by atoms with van der Waals surface area (Å²) in [6.45, 7) is 4.32. The summed E-state index contributed by atoms with van der Waals surface area (Å²) in [6, 6.07) is 11.9. The average molecular weight is 379 g/mol. The summed E-state index contributed by atoms with van der Waals surface area (Å²) >= 11 is 0. The normalized spacial score (nSPS) is 11.3. The first-order chi connectivity index (χ1) is 13.5. The predicted octanol–water partition coefficient (Wildman–Crippen LogP) is 2.66. The van der Waals surface area contributed by atoms with Crippen molar-refractivity contribution in [2.24, 2.45) is 0 Å². The number of amides is 1. The van der Waals surface area contributed by atoms with Gasteiger partial charge in [0.25, 0.3) is 5.91 Å². The van der Waals surface area contributed by atoms with Crippen molar-refractivity contribution in [3.8, 4) is 5.69 Å². The van der Waals surface area contributed by atoms with Gasteiger partial charge >= 0.3 is 0 Å². The van der Waals surface area contributed by atoms with Crippen LogP contribution in [0.1, 0.15) is 36.1 Å². The van der Waals surface area contributed by atoms with Gasteiger partial charge in [-0.25, -0.2) is 9.37 Å². The number of nitrogens with zero attached hydrogens (tertiary/aromatic N) is 6. The van der Waals surface area contributed by atoms with E-state index < -0.39 is 11.7 Å². The fourth-order valence-electron chi connectivity index (χ4n) is 3.21. The van der Waals surface area contributed by atoms with E-state index in [1.807, 2.05) is 24.3 Å². The Bertz CT molecular complexity index is 1130. The molecule has 9 heteroatoms. The first kappa shape index (κ1) is 17.8. The number of aromatic nitrogens is 6. The van der Waals surface area contributed by atoms with Gasteiger partial charge in [0.2, 0.25) is 0 Å². The average Bonchev–Trinajstić information content (AvgIpc) is 3.33. The summed E-state index contributed by atoms with van der Waals surface area (Å²) in [6.07, 6.45) is 1.35. The van der Waals surface area contributed by atoms with Crippen LogP contribution < -0.4 is 5.32 Å². The van der Waals surface area contributed by atoms with Gasteiger partial charge in [0.1, 0.15) is 18.0 Å². The van der Waals surface area contributed by atoms with E-state index in [4.69, 9.17) is 0 Å². The van der Waals surface area contributed by atoms with Gasteiger partial charge in [-0.05, 0) is 54.6 Å². The quantitative estimate of drug-likeness (QED) is 0.576. The molecule has 0 aliphatic carbocycles. The Labute approximate surface area is 160 Å². The number of para-hydroxylation sites is 2. The molecule has 0 aliphatic rings. The summed E-state index contributed by atoms with van der Waals surface area (Å²) in [5.74, 6) is -0.228. The van der Waals surface area contributed by atoms with Crippen molar-refractivity contribution in [1.82, 2.24) is 35.1 Å². The Hall–Kier alpha value is -3.62. The summed E-state index contributed by atoms with van der Waals surface area (Å²) in [7, 11) is 0. The molecule has 28 heavy (non-hydrogen) atoms. The largest absolute Gasteiger partial charge is 0.345 e. The monoisotopic (exact) mass is 379 g/mol. The molecule has 1 N–H and O–H groups in total. The molecular weight excluding hydrogens is 361 g/mol. The van der Waals surface area contributed by atoms with Crippen LogP contribution in [0.4, 0.5) is 4.39 Å².